The van der Waals surface area contributed by atoms with Gasteiger partial charge in [0.1, 0.15) is 0 Å². The maximum absolute atomic E-state index is 11.8. The number of nitrogens with one attached hydrogen (secondary N) is 1. The van der Waals surface area contributed by atoms with Crippen LogP contribution in [0.2, 0.25) is 0 Å². The number of amides is 1. The Hall–Kier alpha value is 0.572. The third-order valence-electron chi connectivity index (χ3n) is 2.63. The largest absolute Gasteiger partial charge is 0.652 e. The Bertz CT molecular complexity index is 257. The van der Waals surface area contributed by atoms with E-state index in [0.29, 0.717) is 0 Å². The minimum absolute atomic E-state index is 0. The van der Waals surface area contributed by atoms with Crippen LogP contribution < -0.4 is 5.32 Å². The van der Waals surface area contributed by atoms with E-state index in [0.717, 1.165) is 6.42 Å². The van der Waals surface area contributed by atoms with Crippen LogP contribution in [0.1, 0.15) is 34.1 Å². The van der Waals surface area contributed by atoms with E-state index in [-0.39, 0.29) is 61.9 Å². The van der Waals surface area contributed by atoms with Gasteiger partial charge in [0.25, 0.3) is 0 Å². The molecule has 0 spiro atoms. The number of aliphatic hydroxyl groups is 1. The first-order valence-corrected chi connectivity index (χ1v) is 6.12. The second kappa shape index (κ2) is 11.4. The normalized spacial score (nSPS) is 16.2. The molecule has 0 aromatic rings. The number of aliphatic hydroxyl groups excluding tert-OH is 1. The van der Waals surface area contributed by atoms with Crippen LogP contribution >= 0.6 is 0 Å². The fourth-order valence-corrected chi connectivity index (χ4v) is 1.60. The van der Waals surface area contributed by atoms with Crippen LogP contribution in [0, 0.1) is 50.0 Å². The number of nitrogens with zero attached hydrogens (tertiary/aromatic N) is 1. The molecule has 0 saturated carbocycles. The molecule has 18 heavy (non-hydrogen) atoms. The van der Waals surface area contributed by atoms with Crippen molar-refractivity contribution in [3.63, 3.8) is 0 Å². The molecule has 1 amide bonds. The molecule has 0 rings (SSSR count). The van der Waals surface area contributed by atoms with Crippen molar-refractivity contribution in [2.75, 3.05) is 7.05 Å². The fraction of sp³-hybridized carbons (Fsp3) is 0.769. The summed E-state index contributed by atoms with van der Waals surface area (Å²) in [7, 11) is 1.57. The molecule has 1 radical (unpaired) electrons. The van der Waals surface area contributed by atoms with Gasteiger partial charge in [0.2, 0.25) is 5.91 Å². The Balaban J connectivity index is 0. The molecule has 3 unspecified atom stereocenters. The summed E-state index contributed by atoms with van der Waals surface area (Å²) in [5, 5.41) is 16.9. The third-order valence-corrected chi connectivity index (χ3v) is 2.63. The maximum Gasteiger partial charge on any atom is 0.205 e. The monoisotopic (exact) mass is 468 g/mol. The molecule has 0 aromatic carbocycles. The molecular formula is C13H25AcN2O2-. The predicted molar refractivity (Wildman–Crippen MR) is 71.0 cm³/mol. The quantitative estimate of drug-likeness (QED) is 0.561. The Morgan fingerprint density at radius 3 is 2.33 bits per heavy atom. The number of likely N-dealkylation sites (N-methyl/N-ethyl adjacent to an activating group) is 1. The SMILES string of the molecule is C/C=C/CC(C)C(O)C([N-]C)C(=O)NC(C)C.[Ac]. The summed E-state index contributed by atoms with van der Waals surface area (Å²) < 4.78 is 0. The van der Waals surface area contributed by atoms with Gasteiger partial charge in [0, 0.05) is 56.2 Å². The van der Waals surface area contributed by atoms with E-state index in [1.54, 1.807) is 7.05 Å². The van der Waals surface area contributed by atoms with Crippen molar-refractivity contribution in [3.8, 4) is 0 Å². The first-order valence-electron chi connectivity index (χ1n) is 6.12. The van der Waals surface area contributed by atoms with E-state index in [4.69, 9.17) is 0 Å². The van der Waals surface area contributed by atoms with Crippen molar-refractivity contribution in [1.82, 2.24) is 5.32 Å². The summed E-state index contributed by atoms with van der Waals surface area (Å²) in [5.74, 6) is -0.194. The maximum atomic E-state index is 11.8. The summed E-state index contributed by atoms with van der Waals surface area (Å²) in [6, 6.07) is -0.623. The molecule has 5 heteroatoms. The van der Waals surface area contributed by atoms with Crippen molar-refractivity contribution in [3.05, 3.63) is 17.5 Å². The molecular weight excluding hydrogens is 443 g/mol. The van der Waals surface area contributed by atoms with Crippen molar-refractivity contribution < 1.29 is 54.0 Å². The average molecular weight is 468 g/mol. The molecule has 0 fully saturated rings. The van der Waals surface area contributed by atoms with Crippen LogP contribution in [0.4, 0.5) is 0 Å². The van der Waals surface area contributed by atoms with Gasteiger partial charge < -0.3 is 15.7 Å². The predicted octanol–water partition coefficient (Wildman–Crippen LogP) is 1.85. The Morgan fingerprint density at radius 1 is 1.39 bits per heavy atom. The second-order valence-corrected chi connectivity index (χ2v) is 4.64. The van der Waals surface area contributed by atoms with Crippen LogP contribution in [-0.4, -0.2) is 36.2 Å². The van der Waals surface area contributed by atoms with Crippen molar-refractivity contribution in [2.45, 2.75) is 52.3 Å². The van der Waals surface area contributed by atoms with Gasteiger partial charge in [-0.2, -0.15) is 7.05 Å². The molecule has 3 atom stereocenters. The van der Waals surface area contributed by atoms with Gasteiger partial charge in [-0.15, -0.1) is 0 Å². The average Bonchev–Trinajstić information content (AvgIpc) is 2.25. The van der Waals surface area contributed by atoms with Gasteiger partial charge >= 0.3 is 0 Å². The second-order valence-electron chi connectivity index (χ2n) is 4.64. The molecule has 103 valence electrons. The van der Waals surface area contributed by atoms with E-state index in [1.807, 2.05) is 39.8 Å². The standard InChI is InChI=1S/C13H25N2O2.Ac/c1-6-7-8-10(4)12(16)11(14-5)13(17)15-9(2)3;/h6-7,9-12,16H,8H2,1-5H3,(H,15,17);/q-1;/b7-6+;. The van der Waals surface area contributed by atoms with E-state index < -0.39 is 12.1 Å². The third kappa shape index (κ3) is 7.89. The molecule has 2 N–H and O–H groups in total. The van der Waals surface area contributed by atoms with E-state index in [2.05, 4.69) is 10.6 Å². The van der Waals surface area contributed by atoms with Gasteiger partial charge in [0.05, 0.1) is 0 Å². The van der Waals surface area contributed by atoms with Gasteiger partial charge in [-0.1, -0.05) is 19.1 Å². The Kier molecular flexibility index (Phi) is 13.2. The molecule has 4 nitrogen and oxygen atoms in total. The van der Waals surface area contributed by atoms with Crippen LogP contribution in [-0.2, 0) is 4.79 Å². The van der Waals surface area contributed by atoms with Crippen molar-refractivity contribution in [2.24, 2.45) is 5.92 Å². The summed E-state index contributed by atoms with van der Waals surface area (Å²) in [6.07, 6.45) is 3.93. The smallest absolute Gasteiger partial charge is 0.205 e. The number of carbonyl (C=O) groups is 1. The fourth-order valence-electron chi connectivity index (χ4n) is 1.60. The molecule has 0 aromatic heterocycles. The van der Waals surface area contributed by atoms with E-state index in [9.17, 15) is 9.90 Å². The minimum Gasteiger partial charge on any atom is -0.652 e. The van der Waals surface area contributed by atoms with Crippen LogP contribution in [0.15, 0.2) is 12.2 Å². The number of allylic oxidation sites excluding steroid dienone is 2. The Morgan fingerprint density at radius 2 is 1.94 bits per heavy atom. The van der Waals surface area contributed by atoms with Gasteiger partial charge in [0.15, 0.2) is 0 Å². The van der Waals surface area contributed by atoms with Gasteiger partial charge in [-0.25, -0.2) is 0 Å². The molecule has 0 saturated heterocycles. The summed E-state index contributed by atoms with van der Waals surface area (Å²) in [5.41, 5.74) is 0. The summed E-state index contributed by atoms with van der Waals surface area (Å²) in [6.45, 7) is 7.64. The zero-order valence-corrected chi connectivity index (χ0v) is 16.8. The molecule has 0 heterocycles. The number of hydrogen-bond donors (Lipinski definition) is 2. The Labute approximate surface area is 147 Å². The van der Waals surface area contributed by atoms with Gasteiger partial charge in [-0.3, -0.25) is 4.79 Å². The molecule has 0 aliphatic rings. The minimum atomic E-state index is -0.741. The zero-order valence-electron chi connectivity index (χ0n) is 12.1. The number of hydrogen-bond acceptors (Lipinski definition) is 2. The summed E-state index contributed by atoms with van der Waals surface area (Å²) in [4.78, 5) is 11.8. The number of rotatable bonds is 7. The van der Waals surface area contributed by atoms with Crippen molar-refractivity contribution >= 4 is 5.91 Å². The number of carbonyl (C=O) groups excluding carboxylic acids is 1. The van der Waals surface area contributed by atoms with Crippen LogP contribution in [0.5, 0.6) is 0 Å². The van der Waals surface area contributed by atoms with Crippen molar-refractivity contribution in [1.29, 1.82) is 0 Å². The van der Waals surface area contributed by atoms with Crippen LogP contribution in [0.3, 0.4) is 0 Å². The topological polar surface area (TPSA) is 63.4 Å². The molecule has 0 aliphatic carbocycles. The van der Waals surface area contributed by atoms with Gasteiger partial charge in [-0.05, 0) is 39.2 Å². The first kappa shape index (κ1) is 20.9. The zero-order chi connectivity index (χ0) is 13.4. The molecule has 0 bridgehead atoms. The molecule has 0 aliphatic heterocycles. The first-order chi connectivity index (χ1) is 7.93. The summed E-state index contributed by atoms with van der Waals surface area (Å²) >= 11 is 0. The van der Waals surface area contributed by atoms with Crippen LogP contribution in [0.25, 0.3) is 5.32 Å². The van der Waals surface area contributed by atoms with E-state index in [1.165, 1.54) is 0 Å². The van der Waals surface area contributed by atoms with E-state index >= 15 is 0 Å².